The highest BCUT2D eigenvalue weighted by atomic mass is 32.1. The first-order valence-corrected chi connectivity index (χ1v) is 3.99. The van der Waals surface area contributed by atoms with Crippen LogP contribution >= 0.6 is 12.2 Å². The van der Waals surface area contributed by atoms with E-state index in [1.54, 1.807) is 0 Å². The molecule has 62 valence electrons. The molecule has 0 unspecified atom stereocenters. The lowest BCUT2D eigenvalue weighted by Crippen LogP contribution is -2.35. The molecule has 1 saturated heterocycles. The van der Waals surface area contributed by atoms with Gasteiger partial charge in [0.05, 0.1) is 18.0 Å². The Morgan fingerprint density at radius 3 is 3.09 bits per heavy atom. The summed E-state index contributed by atoms with van der Waals surface area (Å²) in [6.45, 7) is 0.790. The molecule has 0 amide bonds. The van der Waals surface area contributed by atoms with Gasteiger partial charge in [-0.2, -0.15) is 0 Å². The number of ether oxygens (including phenoxy) is 1. The molecule has 1 rings (SSSR count). The second kappa shape index (κ2) is 3.67. The van der Waals surface area contributed by atoms with Crippen molar-refractivity contribution in [2.24, 2.45) is 5.92 Å². The van der Waals surface area contributed by atoms with E-state index in [2.05, 4.69) is 10.1 Å². The molecule has 0 radical (unpaired) electrons. The van der Waals surface area contributed by atoms with Gasteiger partial charge in [-0.3, -0.25) is 4.79 Å². The number of hydrogen-bond acceptors (Lipinski definition) is 3. The molecule has 0 aromatic rings. The number of methoxy groups -OCH3 is 1. The van der Waals surface area contributed by atoms with E-state index in [0.29, 0.717) is 6.42 Å². The fourth-order valence-corrected chi connectivity index (χ4v) is 1.45. The van der Waals surface area contributed by atoms with E-state index in [9.17, 15) is 4.79 Å². The van der Waals surface area contributed by atoms with E-state index >= 15 is 0 Å². The summed E-state index contributed by atoms with van der Waals surface area (Å²) in [5.41, 5.74) is 0. The predicted molar refractivity (Wildman–Crippen MR) is 45.3 cm³/mol. The van der Waals surface area contributed by atoms with Gasteiger partial charge in [0.2, 0.25) is 0 Å². The van der Waals surface area contributed by atoms with Crippen LogP contribution in [-0.4, -0.2) is 24.6 Å². The maximum absolute atomic E-state index is 11.0. The zero-order valence-electron chi connectivity index (χ0n) is 6.42. The average molecular weight is 173 g/mol. The molecule has 1 N–H and O–H groups in total. The molecule has 4 heteroatoms. The Morgan fingerprint density at radius 2 is 2.55 bits per heavy atom. The number of esters is 1. The van der Waals surface area contributed by atoms with Crippen LogP contribution in [0.5, 0.6) is 0 Å². The smallest absolute Gasteiger partial charge is 0.309 e. The van der Waals surface area contributed by atoms with Crippen LogP contribution in [0, 0.1) is 5.92 Å². The van der Waals surface area contributed by atoms with Crippen LogP contribution in [0.25, 0.3) is 0 Å². The molecular formula is C7H11NO2S. The molecule has 0 spiro atoms. The third-order valence-corrected chi connectivity index (χ3v) is 2.09. The van der Waals surface area contributed by atoms with Gasteiger partial charge in [-0.15, -0.1) is 0 Å². The molecule has 0 aromatic heterocycles. The lowest BCUT2D eigenvalue weighted by atomic mass is 9.98. The summed E-state index contributed by atoms with van der Waals surface area (Å²) in [6.07, 6.45) is 1.47. The van der Waals surface area contributed by atoms with E-state index in [1.807, 2.05) is 0 Å². The minimum atomic E-state index is -0.145. The van der Waals surface area contributed by atoms with E-state index in [1.165, 1.54) is 7.11 Å². The van der Waals surface area contributed by atoms with E-state index < -0.39 is 0 Å². The van der Waals surface area contributed by atoms with Gasteiger partial charge in [-0.25, -0.2) is 0 Å². The third-order valence-electron chi connectivity index (χ3n) is 1.78. The number of rotatable bonds is 1. The lowest BCUT2D eigenvalue weighted by molar-refractivity contribution is -0.145. The lowest BCUT2D eigenvalue weighted by Gasteiger charge is -2.21. The van der Waals surface area contributed by atoms with Crippen LogP contribution in [0.15, 0.2) is 0 Å². The second-order valence-corrected chi connectivity index (χ2v) is 3.06. The molecule has 1 fully saturated rings. The summed E-state index contributed by atoms with van der Waals surface area (Å²) in [5.74, 6) is -0.164. The first kappa shape index (κ1) is 8.46. The number of piperidine rings is 1. The van der Waals surface area contributed by atoms with Gasteiger partial charge < -0.3 is 10.1 Å². The Morgan fingerprint density at radius 1 is 1.82 bits per heavy atom. The zero-order chi connectivity index (χ0) is 8.27. The summed E-state index contributed by atoms with van der Waals surface area (Å²) in [5, 5.41) is 3.01. The average Bonchev–Trinajstić information content (AvgIpc) is 2.03. The highest BCUT2D eigenvalue weighted by molar-refractivity contribution is 7.80. The van der Waals surface area contributed by atoms with Gasteiger partial charge in [0.15, 0.2) is 0 Å². The number of thiocarbonyl (C=S) groups is 1. The summed E-state index contributed by atoms with van der Waals surface area (Å²) < 4.78 is 4.61. The fourth-order valence-electron chi connectivity index (χ4n) is 1.15. The van der Waals surface area contributed by atoms with Crippen molar-refractivity contribution in [3.05, 3.63) is 0 Å². The Hall–Kier alpha value is -0.640. The molecule has 1 atom stereocenters. The highest BCUT2D eigenvalue weighted by Crippen LogP contribution is 2.14. The number of carbonyl (C=O) groups excluding carboxylic acids is 1. The van der Waals surface area contributed by atoms with Gasteiger partial charge >= 0.3 is 5.97 Å². The van der Waals surface area contributed by atoms with Crippen LogP contribution in [0.4, 0.5) is 0 Å². The summed E-state index contributed by atoms with van der Waals surface area (Å²) in [4.78, 5) is 11.8. The molecule has 0 bridgehead atoms. The van der Waals surface area contributed by atoms with Crippen molar-refractivity contribution in [2.45, 2.75) is 12.8 Å². The minimum Gasteiger partial charge on any atom is -0.469 e. The van der Waals surface area contributed by atoms with Crippen LogP contribution in [0.1, 0.15) is 12.8 Å². The van der Waals surface area contributed by atoms with Crippen LogP contribution < -0.4 is 5.32 Å². The Kier molecular flexibility index (Phi) is 2.82. The van der Waals surface area contributed by atoms with Gasteiger partial charge in [-0.05, 0) is 6.42 Å². The summed E-state index contributed by atoms with van der Waals surface area (Å²) in [6, 6.07) is 0. The largest absolute Gasteiger partial charge is 0.469 e. The first-order chi connectivity index (χ1) is 5.24. The van der Waals surface area contributed by atoms with Gasteiger partial charge in [0.1, 0.15) is 0 Å². The summed E-state index contributed by atoms with van der Waals surface area (Å²) in [7, 11) is 1.41. The molecule has 1 aliphatic rings. The topological polar surface area (TPSA) is 38.3 Å². The van der Waals surface area contributed by atoms with Crippen molar-refractivity contribution < 1.29 is 9.53 Å². The number of carbonyl (C=O) groups is 1. The van der Waals surface area contributed by atoms with E-state index in [4.69, 9.17) is 12.2 Å². The Labute approximate surface area is 71.1 Å². The predicted octanol–water partition coefficient (Wildman–Crippen LogP) is 0.486. The first-order valence-electron chi connectivity index (χ1n) is 3.58. The maximum atomic E-state index is 11.0. The van der Waals surface area contributed by atoms with Crippen molar-refractivity contribution in [2.75, 3.05) is 13.7 Å². The maximum Gasteiger partial charge on any atom is 0.309 e. The molecule has 11 heavy (non-hydrogen) atoms. The Bertz CT molecular complexity index is 181. The highest BCUT2D eigenvalue weighted by Gasteiger charge is 2.23. The van der Waals surface area contributed by atoms with E-state index in [0.717, 1.165) is 18.0 Å². The normalized spacial score (nSPS) is 24.1. The van der Waals surface area contributed by atoms with Gasteiger partial charge in [-0.1, -0.05) is 12.2 Å². The van der Waals surface area contributed by atoms with Crippen LogP contribution in [-0.2, 0) is 9.53 Å². The molecule has 0 aliphatic carbocycles. The van der Waals surface area contributed by atoms with Crippen molar-refractivity contribution in [1.29, 1.82) is 0 Å². The van der Waals surface area contributed by atoms with Crippen molar-refractivity contribution >= 4 is 23.2 Å². The quantitative estimate of drug-likeness (QED) is 0.462. The molecular weight excluding hydrogens is 162 g/mol. The van der Waals surface area contributed by atoms with Crippen molar-refractivity contribution in [3.8, 4) is 0 Å². The third kappa shape index (κ3) is 2.15. The molecule has 3 nitrogen and oxygen atoms in total. The minimum absolute atomic E-state index is 0.0197. The van der Waals surface area contributed by atoms with Crippen molar-refractivity contribution in [3.63, 3.8) is 0 Å². The Balaban J connectivity index is 2.45. The molecule has 0 saturated carbocycles. The molecule has 1 heterocycles. The van der Waals surface area contributed by atoms with E-state index in [-0.39, 0.29) is 11.9 Å². The summed E-state index contributed by atoms with van der Waals surface area (Å²) >= 11 is 4.93. The monoisotopic (exact) mass is 173 g/mol. The molecule has 1 aliphatic heterocycles. The van der Waals surface area contributed by atoms with Gasteiger partial charge in [0, 0.05) is 13.0 Å². The standard InChI is InChI=1S/C7H11NO2S/c1-10-7(9)5-2-3-8-6(11)4-5/h5H,2-4H2,1H3,(H,8,11)/t5-/m0/s1. The van der Waals surface area contributed by atoms with Crippen LogP contribution in [0.2, 0.25) is 0 Å². The number of nitrogens with one attached hydrogen (secondary N) is 1. The fraction of sp³-hybridized carbons (Fsp3) is 0.714. The number of hydrogen-bond donors (Lipinski definition) is 1. The van der Waals surface area contributed by atoms with Gasteiger partial charge in [0.25, 0.3) is 0 Å². The SMILES string of the molecule is COC(=O)[C@H]1CCNC(=S)C1. The zero-order valence-corrected chi connectivity index (χ0v) is 7.24. The second-order valence-electron chi connectivity index (χ2n) is 2.56. The van der Waals surface area contributed by atoms with Crippen LogP contribution in [0.3, 0.4) is 0 Å². The molecule has 0 aromatic carbocycles. The van der Waals surface area contributed by atoms with Crippen molar-refractivity contribution in [1.82, 2.24) is 5.32 Å².